The molecule has 0 aromatic heterocycles. The fourth-order valence-corrected chi connectivity index (χ4v) is 4.97. The number of hydrogen-bond acceptors (Lipinski definition) is 5. The summed E-state index contributed by atoms with van der Waals surface area (Å²) in [4.78, 5) is 40.9. The third-order valence-electron chi connectivity index (χ3n) is 6.03. The average Bonchev–Trinajstić information content (AvgIpc) is 3.02. The summed E-state index contributed by atoms with van der Waals surface area (Å²) in [5.74, 6) is -3.09. The second kappa shape index (κ2) is 10.3. The minimum atomic E-state index is -0.850. The van der Waals surface area contributed by atoms with Crippen molar-refractivity contribution in [2.24, 2.45) is 23.7 Å². The summed E-state index contributed by atoms with van der Waals surface area (Å²) < 4.78 is 5.31. The number of fused-ring (bicyclic) bond motifs is 1. The lowest BCUT2D eigenvalue weighted by atomic mass is 9.69. The molecule has 0 radical (unpaired) electrons. The molecule has 1 saturated heterocycles. The van der Waals surface area contributed by atoms with Gasteiger partial charge in [-0.2, -0.15) is 0 Å². The van der Waals surface area contributed by atoms with E-state index in [0.29, 0.717) is 10.7 Å². The number of anilines is 1. The van der Waals surface area contributed by atoms with Crippen molar-refractivity contribution in [2.75, 3.05) is 25.1 Å². The molecule has 168 valence electrons. The Morgan fingerprint density at radius 3 is 2.61 bits per heavy atom. The number of esters is 1. The Morgan fingerprint density at radius 2 is 1.97 bits per heavy atom. The van der Waals surface area contributed by atoms with Gasteiger partial charge in [0.2, 0.25) is 11.8 Å². The van der Waals surface area contributed by atoms with Crippen molar-refractivity contribution in [3.63, 3.8) is 0 Å². The maximum atomic E-state index is 13.4. The smallest absolute Gasteiger partial charge is 0.310 e. The van der Waals surface area contributed by atoms with Crippen LogP contribution in [0.3, 0.4) is 0 Å². The molecule has 0 saturated carbocycles. The van der Waals surface area contributed by atoms with Crippen molar-refractivity contribution >= 4 is 35.1 Å². The van der Waals surface area contributed by atoms with Crippen LogP contribution in [0.1, 0.15) is 26.7 Å². The van der Waals surface area contributed by atoms with Crippen molar-refractivity contribution in [2.45, 2.75) is 32.7 Å². The highest BCUT2D eigenvalue weighted by molar-refractivity contribution is 6.33. The van der Waals surface area contributed by atoms with Gasteiger partial charge < -0.3 is 20.1 Å². The van der Waals surface area contributed by atoms with Gasteiger partial charge in [0.15, 0.2) is 0 Å². The molecule has 2 amide bonds. The number of β-amino-alcohol motifs (C(OH)–C–C–N with tert-alkyl or cyclic N) is 1. The van der Waals surface area contributed by atoms with Crippen molar-refractivity contribution in [3.8, 4) is 0 Å². The monoisotopic (exact) mass is 448 g/mol. The van der Waals surface area contributed by atoms with Gasteiger partial charge in [0.25, 0.3) is 0 Å². The number of carbonyl (C=O) groups excluding carboxylic acids is 3. The van der Waals surface area contributed by atoms with E-state index in [1.54, 1.807) is 31.2 Å². The van der Waals surface area contributed by atoms with Gasteiger partial charge >= 0.3 is 5.97 Å². The molecule has 0 spiro atoms. The van der Waals surface area contributed by atoms with Gasteiger partial charge in [0, 0.05) is 12.5 Å². The highest BCUT2D eigenvalue weighted by Crippen LogP contribution is 2.45. The molecule has 1 aromatic rings. The lowest BCUT2D eigenvalue weighted by Crippen LogP contribution is -2.45. The molecular weight excluding hydrogens is 420 g/mol. The molecule has 3 rings (SSSR count). The molecule has 2 aliphatic rings. The molecule has 5 atom stereocenters. The maximum absolute atomic E-state index is 13.4. The summed E-state index contributed by atoms with van der Waals surface area (Å²) in [6, 6.07) is 6.00. The van der Waals surface area contributed by atoms with Gasteiger partial charge in [-0.1, -0.05) is 49.2 Å². The van der Waals surface area contributed by atoms with E-state index >= 15 is 0 Å². The Balaban J connectivity index is 1.97. The molecular formula is C23H29ClN2O5. The quantitative estimate of drug-likeness (QED) is 0.471. The highest BCUT2D eigenvalue weighted by atomic mass is 35.5. The highest BCUT2D eigenvalue weighted by Gasteiger charge is 2.57. The first-order chi connectivity index (χ1) is 14.9. The topological polar surface area (TPSA) is 95.9 Å². The molecule has 1 fully saturated rings. The SMILES string of the molecule is CCC[C@@H]1C=C[C@H]2[C@@H](C(=O)N(CCO)[C@@H]2C(=O)Nc2ccccc2Cl)[C@@H]1C(=O)OCC. The molecule has 7 nitrogen and oxygen atoms in total. The fraction of sp³-hybridized carbons (Fsp3) is 0.522. The van der Waals surface area contributed by atoms with Gasteiger partial charge in [0.05, 0.1) is 35.8 Å². The zero-order valence-corrected chi connectivity index (χ0v) is 18.5. The number of ether oxygens (including phenoxy) is 1. The van der Waals surface area contributed by atoms with Gasteiger partial charge in [-0.05, 0) is 31.4 Å². The standard InChI is InChI=1S/C23H29ClN2O5/c1-3-7-14-10-11-15-19(18(14)23(30)31-4-2)22(29)26(12-13-27)20(15)21(28)25-17-9-6-5-8-16(17)24/h5-6,8-11,14-15,18-20,27H,3-4,7,12-13H2,1-2H3,(H,25,28)/t14-,15+,18-,19-,20+/m1/s1. The maximum Gasteiger partial charge on any atom is 0.310 e. The van der Waals surface area contributed by atoms with Crippen LogP contribution in [-0.2, 0) is 19.1 Å². The lowest BCUT2D eigenvalue weighted by molar-refractivity contribution is -0.155. The third-order valence-corrected chi connectivity index (χ3v) is 6.36. The van der Waals surface area contributed by atoms with Gasteiger partial charge in [-0.25, -0.2) is 0 Å². The number of nitrogens with zero attached hydrogens (tertiary/aromatic N) is 1. The van der Waals surface area contributed by atoms with Crippen LogP contribution in [0.2, 0.25) is 5.02 Å². The largest absolute Gasteiger partial charge is 0.466 e. The van der Waals surface area contributed by atoms with Crippen LogP contribution in [0.15, 0.2) is 36.4 Å². The first kappa shape index (κ1) is 23.3. The van der Waals surface area contributed by atoms with Gasteiger partial charge in [-0.3, -0.25) is 14.4 Å². The van der Waals surface area contributed by atoms with E-state index in [9.17, 15) is 19.5 Å². The van der Waals surface area contributed by atoms with Crippen molar-refractivity contribution in [1.82, 2.24) is 4.90 Å². The Bertz CT molecular complexity index is 858. The van der Waals surface area contributed by atoms with E-state index in [4.69, 9.17) is 16.3 Å². The lowest BCUT2D eigenvalue weighted by Gasteiger charge is -2.33. The second-order valence-corrected chi connectivity index (χ2v) is 8.29. The van der Waals surface area contributed by atoms with E-state index in [2.05, 4.69) is 5.32 Å². The van der Waals surface area contributed by atoms with Crippen LogP contribution in [0.25, 0.3) is 0 Å². The Morgan fingerprint density at radius 1 is 1.23 bits per heavy atom. The number of rotatable bonds is 8. The van der Waals surface area contributed by atoms with E-state index in [1.165, 1.54) is 4.90 Å². The summed E-state index contributed by atoms with van der Waals surface area (Å²) in [7, 11) is 0. The molecule has 0 unspecified atom stereocenters. The van der Waals surface area contributed by atoms with Crippen LogP contribution in [0.5, 0.6) is 0 Å². The zero-order chi connectivity index (χ0) is 22.5. The predicted octanol–water partition coefficient (Wildman–Crippen LogP) is 2.88. The number of para-hydroxylation sites is 1. The zero-order valence-electron chi connectivity index (χ0n) is 17.8. The summed E-state index contributed by atoms with van der Waals surface area (Å²) in [6.07, 6.45) is 5.42. The van der Waals surface area contributed by atoms with Crippen LogP contribution in [-0.4, -0.2) is 53.6 Å². The van der Waals surface area contributed by atoms with Crippen molar-refractivity contribution in [3.05, 3.63) is 41.4 Å². The normalized spacial score (nSPS) is 27.2. The summed E-state index contributed by atoms with van der Waals surface area (Å²) in [5.41, 5.74) is 0.444. The van der Waals surface area contributed by atoms with E-state index in [1.807, 2.05) is 19.1 Å². The Labute approximate surface area is 187 Å². The molecule has 31 heavy (non-hydrogen) atoms. The van der Waals surface area contributed by atoms with E-state index in [-0.39, 0.29) is 31.6 Å². The van der Waals surface area contributed by atoms with Crippen molar-refractivity contribution in [1.29, 1.82) is 0 Å². The third kappa shape index (κ3) is 4.62. The minimum Gasteiger partial charge on any atom is -0.466 e. The van der Waals surface area contributed by atoms with Gasteiger partial charge in [-0.15, -0.1) is 0 Å². The number of likely N-dealkylation sites (tertiary alicyclic amines) is 1. The predicted molar refractivity (Wildman–Crippen MR) is 117 cm³/mol. The molecule has 0 bridgehead atoms. The number of aliphatic hydroxyl groups excluding tert-OH is 1. The Kier molecular flexibility index (Phi) is 7.73. The molecule has 2 N–H and O–H groups in total. The summed E-state index contributed by atoms with van der Waals surface area (Å²) in [6.45, 7) is 3.70. The van der Waals surface area contributed by atoms with E-state index < -0.39 is 35.7 Å². The van der Waals surface area contributed by atoms with Gasteiger partial charge in [0.1, 0.15) is 6.04 Å². The number of amides is 2. The van der Waals surface area contributed by atoms with Crippen LogP contribution in [0.4, 0.5) is 5.69 Å². The van der Waals surface area contributed by atoms with Crippen LogP contribution < -0.4 is 5.32 Å². The fourth-order valence-electron chi connectivity index (χ4n) is 4.78. The number of allylic oxidation sites excluding steroid dienone is 1. The number of nitrogens with one attached hydrogen (secondary N) is 1. The molecule has 1 aliphatic heterocycles. The minimum absolute atomic E-state index is 0.00821. The first-order valence-electron chi connectivity index (χ1n) is 10.8. The number of hydrogen-bond donors (Lipinski definition) is 2. The number of aliphatic hydroxyl groups is 1. The van der Waals surface area contributed by atoms with Crippen LogP contribution >= 0.6 is 11.6 Å². The first-order valence-corrected chi connectivity index (χ1v) is 11.1. The average molecular weight is 449 g/mol. The van der Waals surface area contributed by atoms with Crippen LogP contribution in [0, 0.1) is 23.7 Å². The molecule has 1 heterocycles. The summed E-state index contributed by atoms with van der Waals surface area (Å²) in [5, 5.41) is 12.7. The van der Waals surface area contributed by atoms with Crippen molar-refractivity contribution < 1.29 is 24.2 Å². The second-order valence-electron chi connectivity index (χ2n) is 7.89. The molecule has 8 heteroatoms. The Hall–Kier alpha value is -2.38. The number of carbonyl (C=O) groups is 3. The molecule has 1 aliphatic carbocycles. The number of benzene rings is 1. The van der Waals surface area contributed by atoms with E-state index in [0.717, 1.165) is 12.8 Å². The molecule has 1 aromatic carbocycles. The summed E-state index contributed by atoms with van der Waals surface area (Å²) >= 11 is 6.18. The number of halogens is 1.